The molecule has 0 unspecified atom stereocenters. The minimum atomic E-state index is -0.348. The van der Waals surface area contributed by atoms with Gasteiger partial charge in [0.2, 0.25) is 0 Å². The SMILES string of the molecule is O=C(Nc1ccc(Cc2cccc(F)c2)cn1)c1ccc(=O)n(C2COC2)c1. The number of nitrogens with zero attached hydrogens (tertiary/aromatic N) is 2. The highest BCUT2D eigenvalue weighted by Gasteiger charge is 2.22. The molecule has 1 amide bonds. The predicted octanol–water partition coefficient (Wildman–Crippen LogP) is 2.80. The monoisotopic (exact) mass is 379 g/mol. The van der Waals surface area contributed by atoms with Crippen molar-refractivity contribution in [3.63, 3.8) is 0 Å². The number of carbonyl (C=O) groups excluding carboxylic acids is 1. The molecule has 1 fully saturated rings. The van der Waals surface area contributed by atoms with Crippen molar-refractivity contribution in [2.24, 2.45) is 0 Å². The smallest absolute Gasteiger partial charge is 0.258 e. The molecular formula is C21H18FN3O3. The number of hydrogen-bond donors (Lipinski definition) is 1. The maximum absolute atomic E-state index is 13.3. The Labute approximate surface area is 160 Å². The van der Waals surface area contributed by atoms with E-state index in [1.165, 1.54) is 28.8 Å². The summed E-state index contributed by atoms with van der Waals surface area (Å²) >= 11 is 0. The Hall–Kier alpha value is -3.32. The van der Waals surface area contributed by atoms with Gasteiger partial charge in [-0.25, -0.2) is 9.37 Å². The van der Waals surface area contributed by atoms with Crippen LogP contribution >= 0.6 is 0 Å². The van der Waals surface area contributed by atoms with Crippen molar-refractivity contribution in [1.82, 2.24) is 9.55 Å². The number of ether oxygens (including phenoxy) is 1. The van der Waals surface area contributed by atoms with E-state index in [2.05, 4.69) is 10.3 Å². The van der Waals surface area contributed by atoms with E-state index in [9.17, 15) is 14.0 Å². The lowest BCUT2D eigenvalue weighted by Crippen LogP contribution is -2.37. The molecule has 2 aromatic heterocycles. The fourth-order valence-electron chi connectivity index (χ4n) is 2.98. The Morgan fingerprint density at radius 3 is 2.71 bits per heavy atom. The Morgan fingerprint density at radius 1 is 1.18 bits per heavy atom. The van der Waals surface area contributed by atoms with Crippen LogP contribution in [0.2, 0.25) is 0 Å². The molecule has 142 valence electrons. The van der Waals surface area contributed by atoms with Gasteiger partial charge in [0, 0.05) is 18.5 Å². The summed E-state index contributed by atoms with van der Waals surface area (Å²) < 4.78 is 19.9. The molecule has 0 bridgehead atoms. The van der Waals surface area contributed by atoms with Crippen LogP contribution < -0.4 is 10.9 Å². The Balaban J connectivity index is 1.44. The van der Waals surface area contributed by atoms with Crippen LogP contribution in [0.25, 0.3) is 0 Å². The van der Waals surface area contributed by atoms with Crippen LogP contribution in [0.3, 0.4) is 0 Å². The first-order valence-electron chi connectivity index (χ1n) is 8.89. The van der Waals surface area contributed by atoms with Gasteiger partial charge in [-0.2, -0.15) is 0 Å². The molecule has 0 atom stereocenters. The molecule has 1 aliphatic heterocycles. The molecule has 0 radical (unpaired) electrons. The van der Waals surface area contributed by atoms with Crippen LogP contribution in [0.4, 0.5) is 10.2 Å². The summed E-state index contributed by atoms with van der Waals surface area (Å²) in [5.41, 5.74) is 1.96. The van der Waals surface area contributed by atoms with E-state index in [4.69, 9.17) is 4.74 Å². The molecular weight excluding hydrogens is 361 g/mol. The quantitative estimate of drug-likeness (QED) is 0.740. The van der Waals surface area contributed by atoms with E-state index in [-0.39, 0.29) is 23.3 Å². The van der Waals surface area contributed by atoms with Crippen LogP contribution in [0, 0.1) is 5.82 Å². The largest absolute Gasteiger partial charge is 0.377 e. The lowest BCUT2D eigenvalue weighted by Gasteiger charge is -2.28. The zero-order valence-electron chi connectivity index (χ0n) is 15.0. The molecule has 3 heterocycles. The first kappa shape index (κ1) is 18.1. The predicted molar refractivity (Wildman–Crippen MR) is 102 cm³/mol. The second-order valence-corrected chi connectivity index (χ2v) is 6.67. The topological polar surface area (TPSA) is 73.2 Å². The average molecular weight is 379 g/mol. The number of nitrogens with one attached hydrogen (secondary N) is 1. The summed E-state index contributed by atoms with van der Waals surface area (Å²) in [5.74, 6) is -0.221. The molecule has 1 aliphatic rings. The summed E-state index contributed by atoms with van der Waals surface area (Å²) in [4.78, 5) is 28.7. The van der Waals surface area contributed by atoms with E-state index < -0.39 is 0 Å². The Bertz CT molecular complexity index is 1060. The van der Waals surface area contributed by atoms with Crippen LogP contribution in [0.1, 0.15) is 27.5 Å². The average Bonchev–Trinajstić information content (AvgIpc) is 2.64. The molecule has 7 heteroatoms. The zero-order chi connectivity index (χ0) is 19.5. The van der Waals surface area contributed by atoms with Crippen molar-refractivity contribution >= 4 is 11.7 Å². The number of aromatic nitrogens is 2. The summed E-state index contributed by atoms with van der Waals surface area (Å²) in [5, 5.41) is 2.72. The van der Waals surface area contributed by atoms with Gasteiger partial charge in [0.1, 0.15) is 11.6 Å². The highest BCUT2D eigenvalue weighted by molar-refractivity contribution is 6.03. The second-order valence-electron chi connectivity index (χ2n) is 6.67. The lowest BCUT2D eigenvalue weighted by atomic mass is 10.1. The van der Waals surface area contributed by atoms with Crippen molar-refractivity contribution in [1.29, 1.82) is 0 Å². The van der Waals surface area contributed by atoms with Gasteiger partial charge in [-0.3, -0.25) is 9.59 Å². The Morgan fingerprint density at radius 2 is 2.04 bits per heavy atom. The molecule has 0 spiro atoms. The van der Waals surface area contributed by atoms with Crippen LogP contribution in [0.15, 0.2) is 65.7 Å². The summed E-state index contributed by atoms with van der Waals surface area (Å²) in [6.45, 7) is 0.943. The maximum Gasteiger partial charge on any atom is 0.258 e. The minimum Gasteiger partial charge on any atom is -0.377 e. The van der Waals surface area contributed by atoms with E-state index in [1.54, 1.807) is 24.5 Å². The third-order valence-corrected chi connectivity index (χ3v) is 4.58. The van der Waals surface area contributed by atoms with Crippen molar-refractivity contribution in [3.05, 3.63) is 93.8 Å². The molecule has 1 saturated heterocycles. The number of hydrogen-bond acceptors (Lipinski definition) is 4. The normalized spacial score (nSPS) is 13.8. The van der Waals surface area contributed by atoms with E-state index in [0.717, 1.165) is 11.1 Å². The lowest BCUT2D eigenvalue weighted by molar-refractivity contribution is -0.0248. The third kappa shape index (κ3) is 3.99. The number of amides is 1. The highest BCUT2D eigenvalue weighted by atomic mass is 19.1. The van der Waals surface area contributed by atoms with Crippen LogP contribution in [0.5, 0.6) is 0 Å². The van der Waals surface area contributed by atoms with Crippen LogP contribution in [-0.4, -0.2) is 28.7 Å². The third-order valence-electron chi connectivity index (χ3n) is 4.58. The van der Waals surface area contributed by atoms with Gasteiger partial charge >= 0.3 is 0 Å². The second kappa shape index (κ2) is 7.74. The zero-order valence-corrected chi connectivity index (χ0v) is 15.0. The fourth-order valence-corrected chi connectivity index (χ4v) is 2.98. The number of anilines is 1. The molecule has 6 nitrogen and oxygen atoms in total. The first-order chi connectivity index (χ1) is 13.6. The molecule has 0 saturated carbocycles. The van der Waals surface area contributed by atoms with Crippen molar-refractivity contribution in [2.75, 3.05) is 18.5 Å². The standard InChI is InChI=1S/C21H18FN3O3/c22-17-3-1-2-14(9-17)8-15-4-6-19(23-10-15)24-21(27)16-5-7-20(26)25(11-16)18-12-28-13-18/h1-7,9-11,18H,8,12-13H2,(H,23,24,27). The van der Waals surface area contributed by atoms with Gasteiger partial charge in [0.25, 0.3) is 11.5 Å². The summed E-state index contributed by atoms with van der Waals surface area (Å²) in [7, 11) is 0. The molecule has 1 aromatic carbocycles. The number of pyridine rings is 2. The van der Waals surface area contributed by atoms with E-state index in [1.807, 2.05) is 12.1 Å². The van der Waals surface area contributed by atoms with Gasteiger partial charge in [-0.1, -0.05) is 18.2 Å². The van der Waals surface area contributed by atoms with Crippen molar-refractivity contribution in [3.8, 4) is 0 Å². The van der Waals surface area contributed by atoms with Crippen LogP contribution in [-0.2, 0) is 11.2 Å². The molecule has 1 N–H and O–H groups in total. The highest BCUT2D eigenvalue weighted by Crippen LogP contribution is 2.16. The minimum absolute atomic E-state index is 0.0273. The fraction of sp³-hybridized carbons (Fsp3) is 0.190. The van der Waals surface area contributed by atoms with Gasteiger partial charge in [0.15, 0.2) is 0 Å². The van der Waals surface area contributed by atoms with Gasteiger partial charge in [0.05, 0.1) is 24.8 Å². The number of rotatable bonds is 5. The number of benzene rings is 1. The number of carbonyl (C=O) groups is 1. The maximum atomic E-state index is 13.3. The molecule has 28 heavy (non-hydrogen) atoms. The van der Waals surface area contributed by atoms with Gasteiger partial charge in [-0.05, 0) is 41.8 Å². The summed E-state index contributed by atoms with van der Waals surface area (Å²) in [6, 6.07) is 12.8. The van der Waals surface area contributed by atoms with E-state index in [0.29, 0.717) is 31.0 Å². The first-order valence-corrected chi connectivity index (χ1v) is 8.89. The molecule has 4 rings (SSSR count). The Kier molecular flexibility index (Phi) is 4.99. The molecule has 0 aliphatic carbocycles. The van der Waals surface area contributed by atoms with Crippen molar-refractivity contribution in [2.45, 2.75) is 12.5 Å². The van der Waals surface area contributed by atoms with E-state index >= 15 is 0 Å². The van der Waals surface area contributed by atoms with Gasteiger partial charge < -0.3 is 14.6 Å². The summed E-state index contributed by atoms with van der Waals surface area (Å²) in [6.07, 6.45) is 3.74. The number of halogens is 1. The van der Waals surface area contributed by atoms with Gasteiger partial charge in [-0.15, -0.1) is 0 Å². The molecule has 3 aromatic rings. The van der Waals surface area contributed by atoms with Crippen molar-refractivity contribution < 1.29 is 13.9 Å².